The summed E-state index contributed by atoms with van der Waals surface area (Å²) in [5, 5.41) is 17.6. The molecule has 0 fully saturated rings. The molecule has 132 valence electrons. The maximum atomic E-state index is 12.8. The molecule has 3 N–H and O–H groups in total. The molecular formula is C19H23N3O2S. The minimum Gasteiger partial charge on any atom is -0.508 e. The zero-order valence-corrected chi connectivity index (χ0v) is 15.5. The fourth-order valence-electron chi connectivity index (χ4n) is 3.63. The third-order valence-corrected chi connectivity index (χ3v) is 6.24. The number of carbonyl (C=O) groups is 1. The molecule has 3 heterocycles. The minimum atomic E-state index is -0.401. The van der Waals surface area contributed by atoms with Crippen molar-refractivity contribution in [3.8, 4) is 5.75 Å². The van der Waals surface area contributed by atoms with E-state index in [0.29, 0.717) is 11.6 Å². The van der Waals surface area contributed by atoms with Crippen molar-refractivity contribution in [1.82, 2.24) is 10.2 Å². The van der Waals surface area contributed by atoms with E-state index in [0.717, 1.165) is 35.6 Å². The highest BCUT2D eigenvalue weighted by atomic mass is 32.1. The van der Waals surface area contributed by atoms with Gasteiger partial charge in [0.2, 0.25) is 0 Å². The van der Waals surface area contributed by atoms with Gasteiger partial charge in [-0.15, -0.1) is 11.3 Å². The zero-order valence-electron chi connectivity index (χ0n) is 14.7. The maximum Gasteiger partial charge on any atom is 0.256 e. The summed E-state index contributed by atoms with van der Waals surface area (Å²) in [6.07, 6.45) is 0.511. The second-order valence-electron chi connectivity index (χ2n) is 7.14. The molecule has 25 heavy (non-hydrogen) atoms. The molecule has 1 unspecified atom stereocenters. The van der Waals surface area contributed by atoms with E-state index in [1.165, 1.54) is 10.4 Å². The van der Waals surface area contributed by atoms with Gasteiger partial charge in [-0.25, -0.2) is 0 Å². The number of aromatic hydroxyl groups is 1. The van der Waals surface area contributed by atoms with E-state index in [2.05, 4.69) is 29.4 Å². The molecule has 1 aromatic carbocycles. The van der Waals surface area contributed by atoms with Crippen LogP contribution in [-0.2, 0) is 13.0 Å². The molecule has 2 aromatic rings. The smallest absolute Gasteiger partial charge is 0.256 e. The molecule has 1 amide bonds. The van der Waals surface area contributed by atoms with Crippen LogP contribution in [0.15, 0.2) is 18.2 Å². The van der Waals surface area contributed by atoms with E-state index in [4.69, 9.17) is 0 Å². The summed E-state index contributed by atoms with van der Waals surface area (Å²) >= 11 is 1.67. The van der Waals surface area contributed by atoms with Crippen LogP contribution >= 0.6 is 11.3 Å². The van der Waals surface area contributed by atoms with Crippen LogP contribution in [0.1, 0.15) is 51.9 Å². The van der Waals surface area contributed by atoms with Crippen molar-refractivity contribution in [2.75, 3.05) is 11.9 Å². The molecular weight excluding hydrogens is 334 g/mol. The third-order valence-electron chi connectivity index (χ3n) is 5.09. The number of fused-ring (bicyclic) bond motifs is 3. The Morgan fingerprint density at radius 3 is 2.84 bits per heavy atom. The predicted octanol–water partition coefficient (Wildman–Crippen LogP) is 3.38. The number of benzene rings is 1. The Bertz CT molecular complexity index is 843. The number of rotatable bonds is 2. The monoisotopic (exact) mass is 357 g/mol. The van der Waals surface area contributed by atoms with E-state index in [1.54, 1.807) is 17.4 Å². The number of anilines is 1. The molecule has 0 bridgehead atoms. The van der Waals surface area contributed by atoms with Crippen molar-refractivity contribution >= 4 is 22.2 Å². The van der Waals surface area contributed by atoms with Gasteiger partial charge in [0.25, 0.3) is 5.91 Å². The molecule has 0 spiro atoms. The van der Waals surface area contributed by atoms with E-state index in [1.807, 2.05) is 19.1 Å². The molecule has 0 saturated carbocycles. The van der Waals surface area contributed by atoms with Gasteiger partial charge in [0, 0.05) is 29.6 Å². The third kappa shape index (κ3) is 2.79. The number of nitrogens with zero attached hydrogens (tertiary/aromatic N) is 1. The first kappa shape index (κ1) is 16.4. The van der Waals surface area contributed by atoms with Gasteiger partial charge in [-0.1, -0.05) is 12.1 Å². The summed E-state index contributed by atoms with van der Waals surface area (Å²) < 4.78 is 0. The number of nitrogens with one attached hydrogen (secondary N) is 2. The van der Waals surface area contributed by atoms with Crippen molar-refractivity contribution < 1.29 is 9.90 Å². The lowest BCUT2D eigenvalue weighted by Crippen LogP contribution is -2.39. The summed E-state index contributed by atoms with van der Waals surface area (Å²) in [6.45, 7) is 8.24. The number of carbonyl (C=O) groups excluding carboxylic acids is 1. The molecule has 0 aliphatic carbocycles. The molecule has 2 aliphatic rings. The predicted molar refractivity (Wildman–Crippen MR) is 100 cm³/mol. The average molecular weight is 357 g/mol. The first-order valence-electron chi connectivity index (χ1n) is 8.69. The van der Waals surface area contributed by atoms with Crippen LogP contribution < -0.4 is 10.6 Å². The Hall–Kier alpha value is -2.05. The van der Waals surface area contributed by atoms with Crippen LogP contribution in [0.25, 0.3) is 0 Å². The second kappa shape index (κ2) is 6.04. The topological polar surface area (TPSA) is 64.6 Å². The molecule has 1 atom stereocenters. The van der Waals surface area contributed by atoms with Crippen molar-refractivity contribution in [1.29, 1.82) is 0 Å². The number of amides is 1. The first-order valence-corrected chi connectivity index (χ1v) is 9.51. The van der Waals surface area contributed by atoms with Crippen molar-refractivity contribution in [2.45, 2.75) is 45.9 Å². The molecule has 1 aromatic heterocycles. The van der Waals surface area contributed by atoms with Crippen molar-refractivity contribution in [2.24, 2.45) is 0 Å². The van der Waals surface area contributed by atoms with Crippen LogP contribution in [0.2, 0.25) is 0 Å². The van der Waals surface area contributed by atoms with Crippen LogP contribution in [0.3, 0.4) is 0 Å². The number of phenolic OH excluding ortho intramolecular Hbond substituents is 1. The van der Waals surface area contributed by atoms with Crippen LogP contribution in [-0.4, -0.2) is 28.5 Å². The van der Waals surface area contributed by atoms with Crippen molar-refractivity contribution in [3.63, 3.8) is 0 Å². The number of thiophene rings is 1. The highest BCUT2D eigenvalue weighted by Gasteiger charge is 2.34. The van der Waals surface area contributed by atoms with Crippen LogP contribution in [0.4, 0.5) is 5.00 Å². The van der Waals surface area contributed by atoms with Gasteiger partial charge in [-0.05, 0) is 44.4 Å². The SMILES string of the molecule is Cc1ccc(C2NC(=O)c3c(sc4c3CCN(C(C)C)C4)N2)c(O)c1. The van der Waals surface area contributed by atoms with Gasteiger partial charge >= 0.3 is 0 Å². The summed E-state index contributed by atoms with van der Waals surface area (Å²) in [4.78, 5) is 16.5. The maximum absolute atomic E-state index is 12.8. The highest BCUT2D eigenvalue weighted by molar-refractivity contribution is 7.16. The molecule has 0 radical (unpaired) electrons. The average Bonchev–Trinajstić information content (AvgIpc) is 2.92. The lowest BCUT2D eigenvalue weighted by Gasteiger charge is -2.31. The van der Waals surface area contributed by atoms with E-state index in [9.17, 15) is 9.90 Å². The summed E-state index contributed by atoms with van der Waals surface area (Å²) in [6, 6.07) is 6.03. The quantitative estimate of drug-likeness (QED) is 0.771. The van der Waals surface area contributed by atoms with Gasteiger partial charge in [-0.3, -0.25) is 9.69 Å². The standard InChI is InChI=1S/C19H23N3O2S/c1-10(2)22-7-6-13-15(9-22)25-19-16(13)18(24)20-17(21-19)12-5-4-11(3)8-14(12)23/h4-5,8,10,17,21,23H,6-7,9H2,1-3H3,(H,20,24). The van der Waals surface area contributed by atoms with Crippen LogP contribution in [0, 0.1) is 6.92 Å². The molecule has 2 aliphatic heterocycles. The molecule has 6 heteroatoms. The lowest BCUT2D eigenvalue weighted by molar-refractivity contribution is 0.0934. The van der Waals surface area contributed by atoms with Gasteiger partial charge in [0.1, 0.15) is 16.9 Å². The summed E-state index contributed by atoms with van der Waals surface area (Å²) in [7, 11) is 0. The number of aryl methyl sites for hydroxylation is 1. The number of phenols is 1. The van der Waals surface area contributed by atoms with Crippen LogP contribution in [0.5, 0.6) is 5.75 Å². The molecule has 0 saturated heterocycles. The normalized spacial score (nSPS) is 20.0. The van der Waals surface area contributed by atoms with E-state index < -0.39 is 6.17 Å². The zero-order chi connectivity index (χ0) is 17.7. The Morgan fingerprint density at radius 1 is 1.32 bits per heavy atom. The van der Waals surface area contributed by atoms with Gasteiger partial charge in [-0.2, -0.15) is 0 Å². The first-order chi connectivity index (χ1) is 11.9. The van der Waals surface area contributed by atoms with E-state index >= 15 is 0 Å². The van der Waals surface area contributed by atoms with E-state index in [-0.39, 0.29) is 11.7 Å². The highest BCUT2D eigenvalue weighted by Crippen LogP contribution is 2.41. The molecule has 4 rings (SSSR count). The number of hydrogen-bond acceptors (Lipinski definition) is 5. The molecule has 5 nitrogen and oxygen atoms in total. The second-order valence-corrected chi connectivity index (χ2v) is 8.24. The van der Waals surface area contributed by atoms with Gasteiger partial charge < -0.3 is 15.7 Å². The van der Waals surface area contributed by atoms with Gasteiger partial charge in [0.05, 0.1) is 5.56 Å². The largest absolute Gasteiger partial charge is 0.508 e. The Balaban J connectivity index is 1.67. The Kier molecular flexibility index (Phi) is 3.96. The fraction of sp³-hybridized carbons (Fsp3) is 0.421. The fourth-order valence-corrected chi connectivity index (χ4v) is 4.93. The Labute approximate surface area is 151 Å². The van der Waals surface area contributed by atoms with Crippen molar-refractivity contribution in [3.05, 3.63) is 45.3 Å². The summed E-state index contributed by atoms with van der Waals surface area (Å²) in [5.74, 6) is 0.155. The minimum absolute atomic E-state index is 0.0470. The number of hydrogen-bond donors (Lipinski definition) is 3. The van der Waals surface area contributed by atoms with Gasteiger partial charge in [0.15, 0.2) is 0 Å². The Morgan fingerprint density at radius 2 is 2.12 bits per heavy atom. The lowest BCUT2D eigenvalue weighted by atomic mass is 9.99. The summed E-state index contributed by atoms with van der Waals surface area (Å²) in [5.41, 5.74) is 3.67.